The van der Waals surface area contributed by atoms with Crippen molar-refractivity contribution in [1.82, 2.24) is 0 Å². The summed E-state index contributed by atoms with van der Waals surface area (Å²) in [4.78, 5) is 35.3. The van der Waals surface area contributed by atoms with Crippen molar-refractivity contribution in [3.05, 3.63) is 16.3 Å². The molecule has 0 bridgehead atoms. The Morgan fingerprint density at radius 3 is 2.57 bits per heavy atom. The van der Waals surface area contributed by atoms with Gasteiger partial charge in [0.2, 0.25) is 5.91 Å². The molecule has 1 saturated carbocycles. The highest BCUT2D eigenvalue weighted by molar-refractivity contribution is 7.12. The number of anilines is 1. The fraction of sp³-hybridized carbons (Fsp3) is 0.500. The van der Waals surface area contributed by atoms with Crippen LogP contribution in [0.1, 0.15) is 35.4 Å². The van der Waals surface area contributed by atoms with Crippen LogP contribution in [0.5, 0.6) is 0 Å². The van der Waals surface area contributed by atoms with Crippen molar-refractivity contribution in [3.8, 4) is 0 Å². The minimum absolute atomic E-state index is 0.298. The monoisotopic (exact) mass is 310 g/mol. The van der Waals surface area contributed by atoms with Crippen LogP contribution >= 0.6 is 11.3 Å². The van der Waals surface area contributed by atoms with Gasteiger partial charge in [0.05, 0.1) is 12.8 Å². The molecule has 6 nitrogen and oxygen atoms in total. The van der Waals surface area contributed by atoms with E-state index in [9.17, 15) is 19.5 Å². The highest BCUT2D eigenvalue weighted by atomic mass is 32.1. The first-order valence-corrected chi connectivity index (χ1v) is 7.60. The van der Waals surface area contributed by atoms with Crippen LogP contribution in [-0.4, -0.2) is 25.0 Å². The van der Waals surface area contributed by atoms with Crippen molar-refractivity contribution < 1.29 is 24.2 Å². The zero-order valence-electron chi connectivity index (χ0n) is 11.6. The lowest BCUT2D eigenvalue weighted by Gasteiger charge is -2.31. The summed E-state index contributed by atoms with van der Waals surface area (Å²) in [7, 11) is 1.26. The number of rotatable bonds is 4. The van der Waals surface area contributed by atoms with Gasteiger partial charge in [-0.3, -0.25) is 4.79 Å². The summed E-state index contributed by atoms with van der Waals surface area (Å²) in [5.41, 5.74) is 0.361. The highest BCUT2D eigenvalue weighted by Gasteiger charge is 2.32. The van der Waals surface area contributed by atoms with Crippen molar-refractivity contribution in [2.24, 2.45) is 11.8 Å². The number of amides is 1. The second-order valence-corrected chi connectivity index (χ2v) is 5.88. The molecule has 7 heteroatoms. The number of hydrogen-bond acceptors (Lipinski definition) is 6. The number of thiophene rings is 1. The number of carbonyl (C=O) groups excluding carboxylic acids is 3. The Kier molecular flexibility index (Phi) is 4.95. The molecule has 0 aliphatic heterocycles. The number of carboxylic acid groups (broad SMARTS) is 1. The Morgan fingerprint density at radius 1 is 1.29 bits per heavy atom. The molecular formula is C14H16NO5S-. The van der Waals surface area contributed by atoms with Crippen molar-refractivity contribution in [2.75, 3.05) is 12.4 Å². The fourth-order valence-corrected chi connectivity index (χ4v) is 3.38. The summed E-state index contributed by atoms with van der Waals surface area (Å²) in [6.45, 7) is 0. The molecule has 1 N–H and O–H groups in total. The molecule has 0 saturated heterocycles. The molecular weight excluding hydrogens is 294 g/mol. The second-order valence-electron chi connectivity index (χ2n) is 4.96. The fourth-order valence-electron chi connectivity index (χ4n) is 2.61. The van der Waals surface area contributed by atoms with Crippen molar-refractivity contribution in [2.45, 2.75) is 25.7 Å². The van der Waals surface area contributed by atoms with Gasteiger partial charge in [-0.15, -0.1) is 11.3 Å². The van der Waals surface area contributed by atoms with Gasteiger partial charge in [-0.2, -0.15) is 0 Å². The molecule has 21 heavy (non-hydrogen) atoms. The zero-order chi connectivity index (χ0) is 15.4. The van der Waals surface area contributed by atoms with Gasteiger partial charge in [-0.05, 0) is 24.3 Å². The van der Waals surface area contributed by atoms with Crippen LogP contribution in [0, 0.1) is 11.8 Å². The van der Waals surface area contributed by atoms with Crippen LogP contribution in [0.15, 0.2) is 11.4 Å². The summed E-state index contributed by atoms with van der Waals surface area (Å²) in [6, 6.07) is 1.60. The molecule has 114 valence electrons. The first kappa shape index (κ1) is 15.5. The zero-order valence-corrected chi connectivity index (χ0v) is 12.4. The van der Waals surface area contributed by atoms with Gasteiger partial charge in [-0.1, -0.05) is 12.8 Å². The molecule has 1 fully saturated rings. The van der Waals surface area contributed by atoms with Gasteiger partial charge in [0.25, 0.3) is 0 Å². The summed E-state index contributed by atoms with van der Waals surface area (Å²) in [5.74, 6) is -3.48. The van der Waals surface area contributed by atoms with Gasteiger partial charge in [0, 0.05) is 17.8 Å². The molecule has 0 radical (unpaired) electrons. The minimum atomic E-state index is -1.19. The van der Waals surface area contributed by atoms with Crippen LogP contribution in [0.2, 0.25) is 0 Å². The van der Waals surface area contributed by atoms with E-state index < -0.39 is 23.8 Å². The molecule has 1 aliphatic rings. The third-order valence-electron chi connectivity index (χ3n) is 3.70. The highest BCUT2D eigenvalue weighted by Crippen LogP contribution is 2.32. The number of esters is 1. The number of methoxy groups -OCH3 is 1. The SMILES string of the molecule is COC(=O)c1sccc1NC(=O)[C@H]1CCCC[C@H]1C(=O)[O-]. The van der Waals surface area contributed by atoms with Gasteiger partial charge < -0.3 is 20.0 Å². The summed E-state index contributed by atoms with van der Waals surface area (Å²) < 4.78 is 4.64. The van der Waals surface area contributed by atoms with Crippen molar-refractivity contribution in [3.63, 3.8) is 0 Å². The van der Waals surface area contributed by atoms with Crippen LogP contribution in [0.3, 0.4) is 0 Å². The summed E-state index contributed by atoms with van der Waals surface area (Å²) in [6.07, 6.45) is 2.57. The third-order valence-corrected chi connectivity index (χ3v) is 4.59. The minimum Gasteiger partial charge on any atom is -0.550 e. The first-order valence-electron chi connectivity index (χ1n) is 6.72. The van der Waals surface area contributed by atoms with E-state index in [1.807, 2.05) is 0 Å². The van der Waals surface area contributed by atoms with Crippen LogP contribution < -0.4 is 10.4 Å². The normalized spacial score (nSPS) is 21.6. The quantitative estimate of drug-likeness (QED) is 0.838. The molecule has 1 aromatic rings. The van der Waals surface area contributed by atoms with Crippen LogP contribution in [0.4, 0.5) is 5.69 Å². The predicted molar refractivity (Wildman–Crippen MR) is 74.7 cm³/mol. The Labute approximate surface area is 126 Å². The van der Waals surface area contributed by atoms with Crippen molar-refractivity contribution in [1.29, 1.82) is 0 Å². The van der Waals surface area contributed by atoms with E-state index >= 15 is 0 Å². The lowest BCUT2D eigenvalue weighted by Crippen LogP contribution is -2.42. The van der Waals surface area contributed by atoms with E-state index in [4.69, 9.17) is 0 Å². The standard InChI is InChI=1S/C14H17NO5S/c1-20-14(19)11-10(6-7-21-11)15-12(16)8-4-2-3-5-9(8)13(17)18/h6-9H,2-5H2,1H3,(H,15,16)(H,17,18)/p-1/t8-,9+/m0/s1. The summed E-state index contributed by atoms with van der Waals surface area (Å²) >= 11 is 1.16. The topological polar surface area (TPSA) is 95.5 Å². The van der Waals surface area contributed by atoms with E-state index in [-0.39, 0.29) is 5.91 Å². The van der Waals surface area contributed by atoms with Gasteiger partial charge >= 0.3 is 5.97 Å². The van der Waals surface area contributed by atoms with E-state index in [1.54, 1.807) is 11.4 Å². The predicted octanol–water partition coefficient (Wildman–Crippen LogP) is 1.03. The molecule has 1 aliphatic carbocycles. The number of carboxylic acids is 1. The largest absolute Gasteiger partial charge is 0.550 e. The molecule has 1 aromatic heterocycles. The lowest BCUT2D eigenvalue weighted by molar-refractivity contribution is -0.313. The van der Waals surface area contributed by atoms with Crippen molar-refractivity contribution >= 4 is 34.9 Å². The van der Waals surface area contributed by atoms with Crippen LogP contribution in [0.25, 0.3) is 0 Å². The van der Waals surface area contributed by atoms with Crippen LogP contribution in [-0.2, 0) is 14.3 Å². The number of nitrogens with one attached hydrogen (secondary N) is 1. The van der Waals surface area contributed by atoms with E-state index in [2.05, 4.69) is 10.1 Å². The Morgan fingerprint density at radius 2 is 1.95 bits per heavy atom. The molecule has 0 unspecified atom stereocenters. The lowest BCUT2D eigenvalue weighted by atomic mass is 9.78. The average Bonchev–Trinajstić information content (AvgIpc) is 2.94. The molecule has 2 rings (SSSR count). The maximum Gasteiger partial charge on any atom is 0.350 e. The average molecular weight is 310 g/mol. The molecule has 0 spiro atoms. The molecule has 0 aromatic carbocycles. The number of aliphatic carboxylic acids is 1. The van der Waals surface area contributed by atoms with Gasteiger partial charge in [0.1, 0.15) is 4.88 Å². The van der Waals surface area contributed by atoms with Gasteiger partial charge in [-0.25, -0.2) is 4.79 Å². The second kappa shape index (κ2) is 6.71. The van der Waals surface area contributed by atoms with E-state index in [1.165, 1.54) is 7.11 Å². The van der Waals surface area contributed by atoms with E-state index in [0.717, 1.165) is 24.2 Å². The Balaban J connectivity index is 2.12. The maximum atomic E-state index is 12.3. The summed E-state index contributed by atoms with van der Waals surface area (Å²) in [5, 5.41) is 15.4. The molecule has 1 amide bonds. The van der Waals surface area contributed by atoms with E-state index in [0.29, 0.717) is 23.4 Å². The molecule has 2 atom stereocenters. The maximum absolute atomic E-state index is 12.3. The number of carbonyl (C=O) groups is 3. The number of ether oxygens (including phenoxy) is 1. The third kappa shape index (κ3) is 3.41. The smallest absolute Gasteiger partial charge is 0.350 e. The number of hydrogen-bond donors (Lipinski definition) is 1. The Bertz CT molecular complexity index is 553. The Hall–Kier alpha value is -1.89. The first-order chi connectivity index (χ1) is 10.0. The van der Waals surface area contributed by atoms with Gasteiger partial charge in [0.15, 0.2) is 0 Å². The molecule has 1 heterocycles.